The zero-order valence-electron chi connectivity index (χ0n) is 11.5. The van der Waals surface area contributed by atoms with E-state index in [1.807, 2.05) is 0 Å². The number of carboxylic acids is 1. The first kappa shape index (κ1) is 16.3. The Labute approximate surface area is 123 Å². The molecule has 0 amide bonds. The number of para-hydroxylation sites is 1. The number of carbonyl (C=O) groups is 1. The summed E-state index contributed by atoms with van der Waals surface area (Å²) in [5.41, 5.74) is -0.801. The fourth-order valence-corrected chi connectivity index (χ4v) is 2.02. The number of benzene rings is 1. The van der Waals surface area contributed by atoms with Crippen LogP contribution in [0.2, 0.25) is 0 Å². The van der Waals surface area contributed by atoms with Gasteiger partial charge in [0.1, 0.15) is 11.3 Å². The van der Waals surface area contributed by atoms with Gasteiger partial charge in [-0.3, -0.25) is 0 Å². The molecule has 1 aromatic carbocycles. The highest BCUT2D eigenvalue weighted by Crippen LogP contribution is 2.46. The maximum Gasteiger partial charge on any atom is 0.460 e. The minimum atomic E-state index is -5.08. The molecule has 1 aromatic rings. The molecule has 0 saturated heterocycles. The van der Waals surface area contributed by atoms with Gasteiger partial charge < -0.3 is 19.3 Å². The van der Waals surface area contributed by atoms with Gasteiger partial charge >= 0.3 is 17.9 Å². The molecule has 0 unspecified atom stereocenters. The Balaban J connectivity index is 2.54. The smallest absolute Gasteiger partial charge is 0.460 e. The average Bonchev–Trinajstić information content (AvgIpc) is 2.45. The van der Waals surface area contributed by atoms with Crippen molar-refractivity contribution in [1.82, 2.24) is 0 Å². The second kappa shape index (κ2) is 5.98. The number of carboxylic acid groups (broad SMARTS) is 1. The number of rotatable bonds is 5. The van der Waals surface area contributed by atoms with E-state index in [1.165, 1.54) is 25.3 Å². The molecule has 0 spiro atoms. The number of fused-ring (bicyclic) bond motifs is 1. The quantitative estimate of drug-likeness (QED) is 0.845. The lowest BCUT2D eigenvalue weighted by atomic mass is 9.98. The maximum atomic E-state index is 13.5. The largest absolute Gasteiger partial charge is 0.478 e. The second-order valence-corrected chi connectivity index (χ2v) is 4.46. The van der Waals surface area contributed by atoms with Crippen molar-refractivity contribution in [2.24, 2.45) is 0 Å². The molecule has 0 bridgehead atoms. The molecule has 8 heteroatoms. The molecule has 0 fully saturated rings. The van der Waals surface area contributed by atoms with Gasteiger partial charge in [-0.2, -0.15) is 13.2 Å². The van der Waals surface area contributed by atoms with E-state index in [2.05, 4.69) is 4.74 Å². The Morgan fingerprint density at radius 2 is 2.00 bits per heavy atom. The van der Waals surface area contributed by atoms with Crippen LogP contribution in [0.3, 0.4) is 0 Å². The summed E-state index contributed by atoms with van der Waals surface area (Å²) < 4.78 is 55.0. The number of aliphatic carboxylic acids is 1. The van der Waals surface area contributed by atoms with Crippen LogP contribution in [0.1, 0.15) is 5.56 Å². The lowest BCUT2D eigenvalue weighted by molar-refractivity contribution is -0.335. The molecule has 0 saturated carbocycles. The zero-order chi connectivity index (χ0) is 16.4. The van der Waals surface area contributed by atoms with E-state index < -0.39 is 30.1 Å². The van der Waals surface area contributed by atoms with E-state index in [0.717, 1.165) is 6.08 Å². The predicted octanol–water partition coefficient (Wildman–Crippen LogP) is 2.47. The van der Waals surface area contributed by atoms with Gasteiger partial charge in [-0.05, 0) is 12.1 Å². The van der Waals surface area contributed by atoms with Crippen LogP contribution >= 0.6 is 0 Å². The molecular formula is C14H13F3O5. The molecular weight excluding hydrogens is 305 g/mol. The van der Waals surface area contributed by atoms with Crippen LogP contribution in [0.4, 0.5) is 13.2 Å². The van der Waals surface area contributed by atoms with Crippen molar-refractivity contribution in [3.8, 4) is 5.75 Å². The third-order valence-corrected chi connectivity index (χ3v) is 3.02. The summed E-state index contributed by atoms with van der Waals surface area (Å²) >= 11 is 0. The summed E-state index contributed by atoms with van der Waals surface area (Å²) in [7, 11) is 1.29. The third kappa shape index (κ3) is 2.79. The molecule has 1 aliphatic rings. The van der Waals surface area contributed by atoms with Gasteiger partial charge in [-0.1, -0.05) is 18.2 Å². The number of hydrogen-bond acceptors (Lipinski definition) is 4. The molecule has 5 nitrogen and oxygen atoms in total. The van der Waals surface area contributed by atoms with Gasteiger partial charge in [-0.15, -0.1) is 0 Å². The number of methoxy groups -OCH3 is 1. The molecule has 0 aromatic heterocycles. The summed E-state index contributed by atoms with van der Waals surface area (Å²) in [6.07, 6.45) is -4.18. The minimum Gasteiger partial charge on any atom is -0.478 e. The molecule has 1 aliphatic heterocycles. The summed E-state index contributed by atoms with van der Waals surface area (Å²) in [5.74, 6) is -5.25. The van der Waals surface area contributed by atoms with E-state index >= 15 is 0 Å². The highest BCUT2D eigenvalue weighted by Gasteiger charge is 2.65. The summed E-state index contributed by atoms with van der Waals surface area (Å²) in [6, 6.07) is 5.80. The van der Waals surface area contributed by atoms with Gasteiger partial charge in [-0.25, -0.2) is 4.79 Å². The molecule has 0 aliphatic carbocycles. The van der Waals surface area contributed by atoms with Crippen LogP contribution in [0, 0.1) is 0 Å². The van der Waals surface area contributed by atoms with Crippen LogP contribution in [-0.2, 0) is 14.3 Å². The van der Waals surface area contributed by atoms with Crippen molar-refractivity contribution in [2.45, 2.75) is 12.0 Å². The minimum absolute atomic E-state index is 0.109. The van der Waals surface area contributed by atoms with Crippen molar-refractivity contribution in [2.75, 3.05) is 20.3 Å². The van der Waals surface area contributed by atoms with Crippen LogP contribution < -0.4 is 4.74 Å². The first-order chi connectivity index (χ1) is 10.3. The highest BCUT2D eigenvalue weighted by atomic mass is 19.4. The molecule has 1 N–H and O–H groups in total. The zero-order valence-corrected chi connectivity index (χ0v) is 11.5. The van der Waals surface area contributed by atoms with Crippen molar-refractivity contribution < 1.29 is 37.3 Å². The van der Waals surface area contributed by atoms with E-state index in [4.69, 9.17) is 14.6 Å². The maximum absolute atomic E-state index is 13.5. The molecule has 0 radical (unpaired) electrons. The standard InChI is InChI=1S/C14H13F3O5/c1-20-6-7-21-13(14(15,16)17)10(12(18)19)8-9-4-2-3-5-11(9)22-13/h2-5,8H,6-7H2,1H3,(H,18,19)/t13-/m1/s1. The van der Waals surface area contributed by atoms with E-state index in [-0.39, 0.29) is 17.9 Å². The first-order valence-electron chi connectivity index (χ1n) is 6.25. The van der Waals surface area contributed by atoms with Gasteiger partial charge in [0.25, 0.3) is 0 Å². The second-order valence-electron chi connectivity index (χ2n) is 4.46. The fraction of sp³-hybridized carbons (Fsp3) is 0.357. The van der Waals surface area contributed by atoms with Crippen molar-refractivity contribution >= 4 is 12.0 Å². The van der Waals surface area contributed by atoms with Crippen LogP contribution in [0.5, 0.6) is 5.75 Å². The van der Waals surface area contributed by atoms with E-state index in [1.54, 1.807) is 6.07 Å². The number of alkyl halides is 3. The summed E-state index contributed by atoms with van der Waals surface area (Å²) in [6.45, 7) is -0.626. The van der Waals surface area contributed by atoms with Crippen LogP contribution in [-0.4, -0.2) is 43.4 Å². The summed E-state index contributed by atoms with van der Waals surface area (Å²) in [4.78, 5) is 11.3. The Kier molecular flexibility index (Phi) is 4.43. The average molecular weight is 318 g/mol. The Morgan fingerprint density at radius 3 is 2.59 bits per heavy atom. The Hall–Kier alpha value is -2.06. The van der Waals surface area contributed by atoms with Crippen molar-refractivity contribution in [3.05, 3.63) is 35.4 Å². The first-order valence-corrected chi connectivity index (χ1v) is 6.25. The van der Waals surface area contributed by atoms with Crippen LogP contribution in [0.25, 0.3) is 6.08 Å². The van der Waals surface area contributed by atoms with Crippen molar-refractivity contribution in [1.29, 1.82) is 0 Å². The molecule has 1 heterocycles. The SMILES string of the molecule is COCCO[C@@]1(C(F)(F)F)Oc2ccccc2C=C1C(=O)O. The molecule has 22 heavy (non-hydrogen) atoms. The Morgan fingerprint density at radius 1 is 1.32 bits per heavy atom. The van der Waals surface area contributed by atoms with Crippen LogP contribution in [0.15, 0.2) is 29.8 Å². The lowest BCUT2D eigenvalue weighted by Gasteiger charge is -2.38. The molecule has 120 valence electrons. The lowest BCUT2D eigenvalue weighted by Crippen LogP contribution is -2.57. The van der Waals surface area contributed by atoms with E-state index in [9.17, 15) is 18.0 Å². The van der Waals surface area contributed by atoms with Gasteiger partial charge in [0, 0.05) is 12.7 Å². The summed E-state index contributed by atoms with van der Waals surface area (Å²) in [5, 5.41) is 9.16. The normalized spacial score (nSPS) is 20.8. The topological polar surface area (TPSA) is 65.0 Å². The van der Waals surface area contributed by atoms with Gasteiger partial charge in [0.2, 0.25) is 0 Å². The monoisotopic (exact) mass is 318 g/mol. The number of hydrogen-bond donors (Lipinski definition) is 1. The Bertz CT molecular complexity index is 596. The third-order valence-electron chi connectivity index (χ3n) is 3.02. The number of ether oxygens (including phenoxy) is 3. The fourth-order valence-electron chi connectivity index (χ4n) is 2.02. The van der Waals surface area contributed by atoms with Crippen molar-refractivity contribution in [3.63, 3.8) is 0 Å². The molecule has 2 rings (SSSR count). The highest BCUT2D eigenvalue weighted by molar-refractivity contribution is 5.95. The predicted molar refractivity (Wildman–Crippen MR) is 69.3 cm³/mol. The van der Waals surface area contributed by atoms with E-state index in [0.29, 0.717) is 0 Å². The number of halogens is 3. The van der Waals surface area contributed by atoms with Gasteiger partial charge in [0.05, 0.1) is 13.2 Å². The van der Waals surface area contributed by atoms with Gasteiger partial charge in [0.15, 0.2) is 0 Å². The molecule has 1 atom stereocenters.